The maximum Gasteiger partial charge on any atom is 0.180 e. The zero-order chi connectivity index (χ0) is 14.0. The molecule has 6 heteroatoms. The normalized spacial score (nSPS) is 12.7. The highest BCUT2D eigenvalue weighted by molar-refractivity contribution is 9.10. The van der Waals surface area contributed by atoms with Gasteiger partial charge in [-0.1, -0.05) is 15.9 Å². The third kappa shape index (κ3) is 3.96. The van der Waals surface area contributed by atoms with Gasteiger partial charge in [0.2, 0.25) is 0 Å². The number of benzene rings is 1. The van der Waals surface area contributed by atoms with Gasteiger partial charge in [0.1, 0.15) is 0 Å². The Bertz CT molecular complexity index is 526. The van der Waals surface area contributed by atoms with Crippen LogP contribution in [0.15, 0.2) is 27.6 Å². The van der Waals surface area contributed by atoms with Crippen LogP contribution < -0.4 is 5.73 Å². The van der Waals surface area contributed by atoms with Crippen molar-refractivity contribution in [1.82, 2.24) is 0 Å². The van der Waals surface area contributed by atoms with Gasteiger partial charge in [-0.15, -0.1) is 0 Å². The molecule has 1 aromatic rings. The molecule has 0 amide bonds. The van der Waals surface area contributed by atoms with Crippen LogP contribution in [0.1, 0.15) is 20.3 Å². The van der Waals surface area contributed by atoms with E-state index in [9.17, 15) is 8.42 Å². The summed E-state index contributed by atoms with van der Waals surface area (Å²) in [7, 11) is -1.82. The molecule has 0 aromatic heterocycles. The fourth-order valence-electron chi connectivity index (χ4n) is 1.37. The molecular formula is C12H18BrNO3S. The van der Waals surface area contributed by atoms with Gasteiger partial charge < -0.3 is 10.5 Å². The number of ether oxygens (including phenoxy) is 1. The molecule has 0 aliphatic heterocycles. The van der Waals surface area contributed by atoms with E-state index in [1.807, 2.05) is 13.8 Å². The van der Waals surface area contributed by atoms with Crippen molar-refractivity contribution in [2.45, 2.75) is 30.8 Å². The Morgan fingerprint density at radius 3 is 2.56 bits per heavy atom. The molecule has 0 bridgehead atoms. The van der Waals surface area contributed by atoms with Crippen LogP contribution in [0.5, 0.6) is 0 Å². The van der Waals surface area contributed by atoms with E-state index in [-0.39, 0.29) is 16.3 Å². The molecule has 102 valence electrons. The molecule has 0 fully saturated rings. The Kier molecular flexibility index (Phi) is 4.80. The zero-order valence-electron chi connectivity index (χ0n) is 10.7. The maximum atomic E-state index is 12.2. The Balaban J connectivity index is 2.97. The summed E-state index contributed by atoms with van der Waals surface area (Å²) in [5, 5.41) is 0. The Morgan fingerprint density at radius 2 is 2.00 bits per heavy atom. The van der Waals surface area contributed by atoms with Crippen molar-refractivity contribution in [2.75, 3.05) is 18.6 Å². The van der Waals surface area contributed by atoms with Crippen LogP contribution >= 0.6 is 15.9 Å². The molecule has 0 saturated heterocycles. The third-order valence-electron chi connectivity index (χ3n) is 2.84. The summed E-state index contributed by atoms with van der Waals surface area (Å²) in [6.45, 7) is 3.71. The predicted octanol–water partition coefficient (Wildman–Crippen LogP) is 2.62. The molecule has 1 aromatic carbocycles. The van der Waals surface area contributed by atoms with Gasteiger partial charge in [0.05, 0.1) is 21.9 Å². The maximum absolute atomic E-state index is 12.2. The summed E-state index contributed by atoms with van der Waals surface area (Å²) in [6.07, 6.45) is 0.414. The zero-order valence-corrected chi connectivity index (χ0v) is 13.1. The molecule has 0 aliphatic rings. The minimum Gasteiger partial charge on any atom is -0.398 e. The van der Waals surface area contributed by atoms with Gasteiger partial charge >= 0.3 is 0 Å². The summed E-state index contributed by atoms with van der Waals surface area (Å²) >= 11 is 3.25. The Morgan fingerprint density at radius 1 is 1.39 bits per heavy atom. The van der Waals surface area contributed by atoms with Gasteiger partial charge in [0.25, 0.3) is 0 Å². The van der Waals surface area contributed by atoms with E-state index in [0.717, 1.165) is 0 Å². The van der Waals surface area contributed by atoms with Crippen LogP contribution in [-0.4, -0.2) is 26.9 Å². The molecule has 18 heavy (non-hydrogen) atoms. The van der Waals surface area contributed by atoms with Crippen LogP contribution in [0.4, 0.5) is 5.69 Å². The minimum atomic E-state index is -3.39. The number of halogens is 1. The van der Waals surface area contributed by atoms with E-state index < -0.39 is 15.4 Å². The first-order chi connectivity index (χ1) is 8.18. The Labute approximate surface area is 117 Å². The van der Waals surface area contributed by atoms with Crippen molar-refractivity contribution >= 4 is 31.5 Å². The van der Waals surface area contributed by atoms with Crippen LogP contribution in [-0.2, 0) is 14.6 Å². The lowest BCUT2D eigenvalue weighted by atomic mass is 10.1. The number of nitrogen functional groups attached to an aromatic ring is 1. The van der Waals surface area contributed by atoms with E-state index >= 15 is 0 Å². The van der Waals surface area contributed by atoms with Crippen LogP contribution in [0, 0.1) is 0 Å². The van der Waals surface area contributed by atoms with Gasteiger partial charge in [-0.2, -0.15) is 0 Å². The van der Waals surface area contributed by atoms with Crippen molar-refractivity contribution < 1.29 is 13.2 Å². The van der Waals surface area contributed by atoms with E-state index in [0.29, 0.717) is 10.9 Å². The first kappa shape index (κ1) is 15.5. The second kappa shape index (κ2) is 5.59. The summed E-state index contributed by atoms with van der Waals surface area (Å²) in [4.78, 5) is 0.170. The second-order valence-corrected chi connectivity index (χ2v) is 7.71. The van der Waals surface area contributed by atoms with Gasteiger partial charge in [0.15, 0.2) is 9.84 Å². The molecule has 1 rings (SSSR count). The van der Waals surface area contributed by atoms with Crippen molar-refractivity contribution in [1.29, 1.82) is 0 Å². The number of nitrogens with two attached hydrogens (primary N) is 1. The van der Waals surface area contributed by atoms with Gasteiger partial charge in [-0.3, -0.25) is 0 Å². The first-order valence-corrected chi connectivity index (χ1v) is 7.95. The molecule has 0 spiro atoms. The molecule has 2 N–H and O–H groups in total. The van der Waals surface area contributed by atoms with E-state index in [1.165, 1.54) is 6.07 Å². The molecule has 0 radical (unpaired) electrons. The number of rotatable bonds is 5. The number of hydrogen-bond donors (Lipinski definition) is 1. The molecule has 4 nitrogen and oxygen atoms in total. The lowest BCUT2D eigenvalue weighted by molar-refractivity contribution is 0.0203. The molecule has 0 unspecified atom stereocenters. The quantitative estimate of drug-likeness (QED) is 0.839. The lowest BCUT2D eigenvalue weighted by Gasteiger charge is -2.22. The number of sulfone groups is 1. The highest BCUT2D eigenvalue weighted by Crippen LogP contribution is 2.26. The monoisotopic (exact) mass is 335 g/mol. The number of methoxy groups -OCH3 is 1. The fraction of sp³-hybridized carbons (Fsp3) is 0.500. The summed E-state index contributed by atoms with van der Waals surface area (Å²) in [5.41, 5.74) is 5.52. The minimum absolute atomic E-state index is 0.00843. The average Bonchev–Trinajstić information content (AvgIpc) is 2.30. The standard InChI is InChI=1S/C12H18BrNO3S/c1-12(2,17-3)6-7-18(15,16)11-8-9(13)4-5-10(11)14/h4-5,8H,6-7,14H2,1-3H3. The lowest BCUT2D eigenvalue weighted by Crippen LogP contribution is -2.26. The van der Waals surface area contributed by atoms with Crippen LogP contribution in [0.3, 0.4) is 0 Å². The number of anilines is 1. The van der Waals surface area contributed by atoms with Gasteiger partial charge in [0, 0.05) is 11.6 Å². The topological polar surface area (TPSA) is 69.4 Å². The van der Waals surface area contributed by atoms with Crippen LogP contribution in [0.25, 0.3) is 0 Å². The van der Waals surface area contributed by atoms with Crippen molar-refractivity contribution in [3.8, 4) is 0 Å². The molecular weight excluding hydrogens is 318 g/mol. The van der Waals surface area contributed by atoms with Gasteiger partial charge in [-0.05, 0) is 38.5 Å². The van der Waals surface area contributed by atoms with E-state index in [4.69, 9.17) is 10.5 Å². The van der Waals surface area contributed by atoms with E-state index in [2.05, 4.69) is 15.9 Å². The molecule has 0 atom stereocenters. The molecule has 0 saturated carbocycles. The fourth-order valence-corrected chi connectivity index (χ4v) is 3.60. The largest absolute Gasteiger partial charge is 0.398 e. The highest BCUT2D eigenvalue weighted by Gasteiger charge is 2.24. The third-order valence-corrected chi connectivity index (χ3v) is 5.09. The van der Waals surface area contributed by atoms with Crippen LogP contribution in [0.2, 0.25) is 0 Å². The summed E-state index contributed by atoms with van der Waals surface area (Å²) in [6, 6.07) is 4.83. The van der Waals surface area contributed by atoms with Crippen molar-refractivity contribution in [3.63, 3.8) is 0 Å². The number of hydrogen-bond acceptors (Lipinski definition) is 4. The van der Waals surface area contributed by atoms with Crippen molar-refractivity contribution in [3.05, 3.63) is 22.7 Å². The summed E-state index contributed by atoms with van der Waals surface area (Å²) < 4.78 is 30.3. The van der Waals surface area contributed by atoms with Gasteiger partial charge in [-0.25, -0.2) is 8.42 Å². The molecule has 0 heterocycles. The van der Waals surface area contributed by atoms with E-state index in [1.54, 1.807) is 19.2 Å². The summed E-state index contributed by atoms with van der Waals surface area (Å²) in [5.74, 6) is 0.00843. The highest BCUT2D eigenvalue weighted by atomic mass is 79.9. The Hall–Kier alpha value is -0.590. The smallest absolute Gasteiger partial charge is 0.180 e. The molecule has 0 aliphatic carbocycles. The SMILES string of the molecule is COC(C)(C)CCS(=O)(=O)c1cc(Br)ccc1N. The second-order valence-electron chi connectivity index (χ2n) is 4.71. The predicted molar refractivity (Wildman–Crippen MR) is 76.3 cm³/mol. The van der Waals surface area contributed by atoms with Crippen molar-refractivity contribution in [2.24, 2.45) is 0 Å². The average molecular weight is 336 g/mol. The first-order valence-electron chi connectivity index (χ1n) is 5.51.